The van der Waals surface area contributed by atoms with Gasteiger partial charge in [-0.2, -0.15) is 0 Å². The molecule has 0 radical (unpaired) electrons. The lowest BCUT2D eigenvalue weighted by molar-refractivity contribution is -0.132. The molecule has 0 heterocycles. The molecule has 0 fully saturated rings. The summed E-state index contributed by atoms with van der Waals surface area (Å²) in [6.07, 6.45) is 5.57. The second-order valence-corrected chi connectivity index (χ2v) is 8.91. The van der Waals surface area contributed by atoms with Crippen LogP contribution in [-0.4, -0.2) is 39.8 Å². The number of rotatable bonds is 7. The van der Waals surface area contributed by atoms with Crippen molar-refractivity contribution in [2.24, 2.45) is 0 Å². The van der Waals surface area contributed by atoms with E-state index in [1.54, 1.807) is 54.6 Å². The summed E-state index contributed by atoms with van der Waals surface area (Å²) in [5, 5.41) is 23.4. The quantitative estimate of drug-likeness (QED) is 0.116. The van der Waals surface area contributed by atoms with Crippen molar-refractivity contribution in [2.45, 2.75) is 20.8 Å². The van der Waals surface area contributed by atoms with E-state index in [4.69, 9.17) is 4.74 Å². The molecule has 0 unspecified atom stereocenters. The lowest BCUT2D eigenvalue weighted by atomic mass is 10.2. The van der Waals surface area contributed by atoms with Crippen LogP contribution in [0.1, 0.15) is 52.6 Å². The number of ether oxygens (including phenoxy) is 1. The number of esters is 1. The fourth-order valence-corrected chi connectivity index (χ4v) is 3.49. The number of hydrogen-bond acceptors (Lipinski definition) is 8. The normalized spacial score (nSPS) is 10.1. The van der Waals surface area contributed by atoms with E-state index in [0.29, 0.717) is 11.3 Å². The van der Waals surface area contributed by atoms with E-state index in [9.17, 15) is 34.2 Å². The van der Waals surface area contributed by atoms with Gasteiger partial charge in [-0.25, -0.2) is 0 Å². The highest BCUT2D eigenvalue weighted by molar-refractivity contribution is 6.10. The Hall–Kier alpha value is -6.29. The van der Waals surface area contributed by atoms with E-state index >= 15 is 0 Å². The summed E-state index contributed by atoms with van der Waals surface area (Å²) in [5.41, 5.74) is 1.63. The first-order valence-electron chi connectivity index (χ1n) is 14.1. The van der Waals surface area contributed by atoms with Crippen LogP contribution in [0.25, 0.3) is 12.2 Å². The molecule has 10 nitrogen and oxygen atoms in total. The molecular weight excluding hydrogens is 588 g/mol. The lowest BCUT2D eigenvalue weighted by Crippen LogP contribution is -2.28. The van der Waals surface area contributed by atoms with Crippen molar-refractivity contribution in [3.8, 4) is 17.2 Å². The van der Waals surface area contributed by atoms with E-state index in [1.165, 1.54) is 49.4 Å². The molecular formula is C36H34N2O8. The number of amides is 4. The van der Waals surface area contributed by atoms with Gasteiger partial charge in [0.05, 0.1) is 11.1 Å². The largest absolute Gasteiger partial charge is 0.507 e. The van der Waals surface area contributed by atoms with Crippen LogP contribution in [0, 0.1) is 0 Å². The Balaban J connectivity index is 0.000000308. The molecule has 10 heteroatoms. The molecule has 0 spiro atoms. The van der Waals surface area contributed by atoms with E-state index in [0.717, 1.165) is 5.56 Å². The molecule has 4 aromatic carbocycles. The summed E-state index contributed by atoms with van der Waals surface area (Å²) in [6.45, 7) is 5.31. The summed E-state index contributed by atoms with van der Waals surface area (Å²) < 4.78 is 4.90. The van der Waals surface area contributed by atoms with Crippen molar-refractivity contribution in [3.63, 3.8) is 0 Å². The standard InChI is InChI=1S/C18H15NO5.C16H13NO3.C2H6/c1-12(20)24-14-9-6-13(7-10-14)8-11-17(22)19-18(23)15-4-2-3-5-16(15)21;18-14-9-5-4-8-13(14)16(20)17-15(19)11-10-12-6-2-1-3-7-12;1-2/h2-11,21H,1H3,(H,19,22,23);1-11,18H,(H,17,19,20);1-2H3/b11-8+;11-10+;. The van der Waals surface area contributed by atoms with Gasteiger partial charge in [-0.1, -0.05) is 80.6 Å². The number of phenols is 2. The lowest BCUT2D eigenvalue weighted by Gasteiger charge is -2.03. The number of aromatic hydroxyl groups is 2. The van der Waals surface area contributed by atoms with Gasteiger partial charge < -0.3 is 14.9 Å². The van der Waals surface area contributed by atoms with Gasteiger partial charge in [0.2, 0.25) is 0 Å². The molecule has 0 saturated carbocycles. The van der Waals surface area contributed by atoms with Crippen molar-refractivity contribution in [2.75, 3.05) is 0 Å². The second kappa shape index (κ2) is 19.1. The summed E-state index contributed by atoms with van der Waals surface area (Å²) in [6, 6.07) is 27.7. The maximum absolute atomic E-state index is 11.9. The zero-order chi connectivity index (χ0) is 33.9. The average molecular weight is 623 g/mol. The van der Waals surface area contributed by atoms with Crippen LogP contribution in [-0.2, 0) is 14.4 Å². The third-order valence-corrected chi connectivity index (χ3v) is 5.57. The first-order valence-corrected chi connectivity index (χ1v) is 14.1. The van der Waals surface area contributed by atoms with Gasteiger partial charge in [-0.15, -0.1) is 0 Å². The van der Waals surface area contributed by atoms with Crippen LogP contribution >= 0.6 is 0 Å². The van der Waals surface area contributed by atoms with Gasteiger partial charge in [0, 0.05) is 19.1 Å². The van der Waals surface area contributed by atoms with Crippen LogP contribution < -0.4 is 15.4 Å². The first-order chi connectivity index (χ1) is 22.1. The Labute approximate surface area is 266 Å². The second-order valence-electron chi connectivity index (χ2n) is 8.91. The van der Waals surface area contributed by atoms with Gasteiger partial charge in [-0.3, -0.25) is 34.6 Å². The van der Waals surface area contributed by atoms with Gasteiger partial charge in [0.1, 0.15) is 17.2 Å². The third-order valence-electron chi connectivity index (χ3n) is 5.57. The van der Waals surface area contributed by atoms with E-state index in [-0.39, 0.29) is 22.6 Å². The molecule has 0 saturated heterocycles. The van der Waals surface area contributed by atoms with Gasteiger partial charge in [-0.05, 0) is 59.7 Å². The maximum Gasteiger partial charge on any atom is 0.308 e. The monoisotopic (exact) mass is 622 g/mol. The van der Waals surface area contributed by atoms with Crippen molar-refractivity contribution < 1.29 is 38.9 Å². The number of para-hydroxylation sites is 2. The van der Waals surface area contributed by atoms with E-state index < -0.39 is 29.6 Å². The van der Waals surface area contributed by atoms with Crippen molar-refractivity contribution in [3.05, 3.63) is 138 Å². The Kier molecular flexibility index (Phi) is 14.9. The van der Waals surface area contributed by atoms with Crippen LogP contribution in [0.2, 0.25) is 0 Å². The van der Waals surface area contributed by atoms with Crippen LogP contribution in [0.5, 0.6) is 17.2 Å². The Morgan fingerprint density at radius 1 is 0.565 bits per heavy atom. The molecule has 0 aliphatic rings. The number of imide groups is 2. The highest BCUT2D eigenvalue weighted by atomic mass is 16.5. The number of nitrogens with one attached hydrogen (secondary N) is 2. The van der Waals surface area contributed by atoms with Gasteiger partial charge in [0.15, 0.2) is 0 Å². The number of carbonyl (C=O) groups is 5. The fraction of sp³-hybridized carbons (Fsp3) is 0.0833. The van der Waals surface area contributed by atoms with E-state index in [1.807, 2.05) is 44.2 Å². The summed E-state index contributed by atoms with van der Waals surface area (Å²) in [4.78, 5) is 57.8. The molecule has 4 amide bonds. The summed E-state index contributed by atoms with van der Waals surface area (Å²) in [7, 11) is 0. The molecule has 4 aromatic rings. The topological polar surface area (TPSA) is 159 Å². The molecule has 4 N–H and O–H groups in total. The first kappa shape index (κ1) is 35.9. The van der Waals surface area contributed by atoms with Crippen LogP contribution in [0.15, 0.2) is 115 Å². The molecule has 4 rings (SSSR count). The average Bonchev–Trinajstić information content (AvgIpc) is 3.05. The number of hydrogen-bond donors (Lipinski definition) is 4. The molecule has 0 aliphatic carbocycles. The molecule has 46 heavy (non-hydrogen) atoms. The predicted molar refractivity (Wildman–Crippen MR) is 175 cm³/mol. The number of phenolic OH excluding ortho intramolecular Hbond substituents is 2. The van der Waals surface area contributed by atoms with Crippen molar-refractivity contribution in [1.29, 1.82) is 0 Å². The van der Waals surface area contributed by atoms with Crippen LogP contribution in [0.3, 0.4) is 0 Å². The zero-order valence-electron chi connectivity index (χ0n) is 25.5. The van der Waals surface area contributed by atoms with Gasteiger partial charge in [0.25, 0.3) is 23.6 Å². The Morgan fingerprint density at radius 2 is 0.957 bits per heavy atom. The Morgan fingerprint density at radius 3 is 1.37 bits per heavy atom. The molecule has 0 aromatic heterocycles. The zero-order valence-corrected chi connectivity index (χ0v) is 25.5. The van der Waals surface area contributed by atoms with Crippen molar-refractivity contribution in [1.82, 2.24) is 10.6 Å². The predicted octanol–water partition coefficient (Wildman–Crippen LogP) is 5.68. The summed E-state index contributed by atoms with van der Waals surface area (Å²) in [5.74, 6) is -2.86. The minimum atomic E-state index is -0.687. The molecule has 0 aliphatic heterocycles. The van der Waals surface area contributed by atoms with Gasteiger partial charge >= 0.3 is 5.97 Å². The maximum atomic E-state index is 11.9. The van der Waals surface area contributed by atoms with Crippen LogP contribution in [0.4, 0.5) is 0 Å². The SMILES string of the molecule is CC.CC(=O)Oc1ccc(/C=C/C(=O)NC(=O)c2ccccc2O)cc1.O=C(/C=C/c1ccccc1)NC(=O)c1ccccc1O. The van der Waals surface area contributed by atoms with Crippen molar-refractivity contribution >= 4 is 41.8 Å². The fourth-order valence-electron chi connectivity index (χ4n) is 3.49. The Bertz CT molecular complexity index is 1690. The highest BCUT2D eigenvalue weighted by Gasteiger charge is 2.13. The third kappa shape index (κ3) is 12.5. The number of benzene rings is 4. The highest BCUT2D eigenvalue weighted by Crippen LogP contribution is 2.16. The number of carbonyl (C=O) groups excluding carboxylic acids is 5. The summed E-state index contributed by atoms with van der Waals surface area (Å²) >= 11 is 0. The molecule has 0 atom stereocenters. The smallest absolute Gasteiger partial charge is 0.308 e. The minimum absolute atomic E-state index is 0.0185. The molecule has 0 bridgehead atoms. The molecule has 236 valence electrons. The minimum Gasteiger partial charge on any atom is -0.507 e. The van der Waals surface area contributed by atoms with E-state index in [2.05, 4.69) is 10.6 Å².